The first-order valence-electron chi connectivity index (χ1n) is 9.24. The molecule has 2 aliphatic rings. The molecule has 0 saturated carbocycles. The molecule has 1 saturated heterocycles. The lowest BCUT2D eigenvalue weighted by molar-refractivity contribution is -0.127. The number of carbonyl (C=O) groups excluding carboxylic acids is 1. The van der Waals surface area contributed by atoms with Gasteiger partial charge in [0, 0.05) is 56.1 Å². The van der Waals surface area contributed by atoms with E-state index in [1.165, 1.54) is 16.8 Å². The highest BCUT2D eigenvalue weighted by molar-refractivity contribution is 5.78. The fraction of sp³-hybridized carbons (Fsp3) is 0.429. The number of hydrogen-bond acceptors (Lipinski definition) is 3. The minimum absolute atomic E-state index is 0.328. The van der Waals surface area contributed by atoms with Crippen molar-refractivity contribution in [1.82, 2.24) is 9.88 Å². The third-order valence-corrected chi connectivity index (χ3v) is 5.55. The Hall–Kier alpha value is -2.36. The summed E-state index contributed by atoms with van der Waals surface area (Å²) in [5, 5.41) is 0. The Labute approximate surface area is 149 Å². The van der Waals surface area contributed by atoms with Gasteiger partial charge in [-0.3, -0.25) is 9.78 Å². The van der Waals surface area contributed by atoms with Crippen molar-refractivity contribution >= 4 is 11.6 Å². The summed E-state index contributed by atoms with van der Waals surface area (Å²) in [5.41, 5.74) is 5.15. The smallest absolute Gasteiger partial charge is 0.222 e. The second-order valence-corrected chi connectivity index (χ2v) is 7.16. The van der Waals surface area contributed by atoms with Crippen molar-refractivity contribution < 1.29 is 4.79 Å². The van der Waals surface area contributed by atoms with Crippen LogP contribution in [-0.2, 0) is 11.3 Å². The molecular weight excluding hydrogens is 310 g/mol. The molecule has 0 N–H and O–H groups in total. The molecule has 1 atom stereocenters. The summed E-state index contributed by atoms with van der Waals surface area (Å²) < 4.78 is 0. The van der Waals surface area contributed by atoms with Crippen LogP contribution in [0, 0.1) is 6.92 Å². The second kappa shape index (κ2) is 6.87. The van der Waals surface area contributed by atoms with Crippen molar-refractivity contribution in [3.8, 4) is 0 Å². The van der Waals surface area contributed by atoms with Crippen molar-refractivity contribution in [1.29, 1.82) is 0 Å². The maximum absolute atomic E-state index is 11.9. The van der Waals surface area contributed by atoms with Crippen LogP contribution in [0.4, 0.5) is 5.69 Å². The first-order valence-corrected chi connectivity index (χ1v) is 9.24. The van der Waals surface area contributed by atoms with Gasteiger partial charge < -0.3 is 9.80 Å². The predicted octanol–water partition coefficient (Wildman–Crippen LogP) is 3.51. The van der Waals surface area contributed by atoms with Gasteiger partial charge in [0.25, 0.3) is 0 Å². The Morgan fingerprint density at radius 2 is 2.04 bits per heavy atom. The number of aromatic nitrogens is 1. The zero-order valence-corrected chi connectivity index (χ0v) is 14.8. The molecule has 4 nitrogen and oxygen atoms in total. The molecule has 0 radical (unpaired) electrons. The van der Waals surface area contributed by atoms with Crippen LogP contribution in [0.2, 0.25) is 0 Å². The summed E-state index contributed by atoms with van der Waals surface area (Å²) in [5.74, 6) is 0.829. The van der Waals surface area contributed by atoms with Gasteiger partial charge in [0.2, 0.25) is 5.91 Å². The van der Waals surface area contributed by atoms with Crippen LogP contribution >= 0.6 is 0 Å². The van der Waals surface area contributed by atoms with E-state index >= 15 is 0 Å². The van der Waals surface area contributed by atoms with E-state index in [0.717, 1.165) is 51.1 Å². The fourth-order valence-corrected chi connectivity index (χ4v) is 4.12. The average molecular weight is 335 g/mol. The first kappa shape index (κ1) is 16.1. The zero-order valence-electron chi connectivity index (χ0n) is 14.8. The van der Waals surface area contributed by atoms with Crippen LogP contribution in [-0.4, -0.2) is 35.4 Å². The van der Waals surface area contributed by atoms with Gasteiger partial charge in [-0.1, -0.05) is 24.3 Å². The molecule has 1 amide bonds. The molecule has 0 bridgehead atoms. The van der Waals surface area contributed by atoms with Crippen molar-refractivity contribution in [2.45, 2.75) is 38.6 Å². The summed E-state index contributed by atoms with van der Waals surface area (Å²) >= 11 is 0. The van der Waals surface area contributed by atoms with Gasteiger partial charge in [0.1, 0.15) is 0 Å². The number of amides is 1. The lowest BCUT2D eigenvalue weighted by atomic mass is 9.98. The molecule has 1 fully saturated rings. The van der Waals surface area contributed by atoms with Crippen LogP contribution in [0.25, 0.3) is 0 Å². The van der Waals surface area contributed by atoms with E-state index in [2.05, 4.69) is 47.1 Å². The SMILES string of the molecule is Cc1ncccc1CN1CC(CCN2CCCC2=O)c2ccccc21. The van der Waals surface area contributed by atoms with Crippen molar-refractivity contribution in [2.24, 2.45) is 0 Å². The van der Waals surface area contributed by atoms with Gasteiger partial charge in [-0.2, -0.15) is 0 Å². The Bertz CT molecular complexity index is 773. The summed E-state index contributed by atoms with van der Waals surface area (Å²) in [4.78, 5) is 20.8. The molecule has 1 aromatic carbocycles. The van der Waals surface area contributed by atoms with Gasteiger partial charge in [0.15, 0.2) is 0 Å². The summed E-state index contributed by atoms with van der Waals surface area (Å²) in [6.07, 6.45) is 4.65. The molecule has 25 heavy (non-hydrogen) atoms. The van der Waals surface area contributed by atoms with E-state index in [1.807, 2.05) is 17.2 Å². The summed E-state index contributed by atoms with van der Waals surface area (Å²) in [6, 6.07) is 12.9. The van der Waals surface area contributed by atoms with Crippen molar-refractivity contribution in [3.05, 3.63) is 59.4 Å². The number of hydrogen-bond donors (Lipinski definition) is 0. The molecule has 4 rings (SSSR count). The van der Waals surface area contributed by atoms with Gasteiger partial charge in [-0.25, -0.2) is 0 Å². The maximum atomic E-state index is 11.9. The number of pyridine rings is 1. The number of likely N-dealkylation sites (tertiary alicyclic amines) is 1. The minimum Gasteiger partial charge on any atom is -0.366 e. The molecule has 0 spiro atoms. The quantitative estimate of drug-likeness (QED) is 0.839. The molecule has 3 heterocycles. The number of nitrogens with zero attached hydrogens (tertiary/aromatic N) is 3. The third kappa shape index (κ3) is 3.26. The van der Waals surface area contributed by atoms with Crippen molar-refractivity contribution in [2.75, 3.05) is 24.5 Å². The Morgan fingerprint density at radius 3 is 2.84 bits per heavy atom. The lowest BCUT2D eigenvalue weighted by Gasteiger charge is -2.22. The largest absolute Gasteiger partial charge is 0.366 e. The number of anilines is 1. The van der Waals surface area contributed by atoms with E-state index in [4.69, 9.17) is 0 Å². The second-order valence-electron chi connectivity index (χ2n) is 7.16. The van der Waals surface area contributed by atoms with Gasteiger partial charge in [0.05, 0.1) is 0 Å². The van der Waals surface area contributed by atoms with E-state index in [-0.39, 0.29) is 0 Å². The van der Waals surface area contributed by atoms with Crippen LogP contribution < -0.4 is 4.90 Å². The highest BCUT2D eigenvalue weighted by atomic mass is 16.2. The topological polar surface area (TPSA) is 36.4 Å². The van der Waals surface area contributed by atoms with Crippen LogP contribution in [0.3, 0.4) is 0 Å². The third-order valence-electron chi connectivity index (χ3n) is 5.55. The van der Waals surface area contributed by atoms with Gasteiger partial charge in [-0.05, 0) is 43.0 Å². The Balaban J connectivity index is 1.49. The monoisotopic (exact) mass is 335 g/mol. The highest BCUT2D eigenvalue weighted by Crippen LogP contribution is 2.39. The predicted molar refractivity (Wildman–Crippen MR) is 99.6 cm³/mol. The summed E-state index contributed by atoms with van der Waals surface area (Å²) in [7, 11) is 0. The number of para-hydroxylation sites is 1. The molecule has 4 heteroatoms. The number of rotatable bonds is 5. The van der Waals surface area contributed by atoms with E-state index < -0.39 is 0 Å². The highest BCUT2D eigenvalue weighted by Gasteiger charge is 2.30. The van der Waals surface area contributed by atoms with E-state index in [0.29, 0.717) is 11.8 Å². The molecular formula is C21H25N3O. The van der Waals surface area contributed by atoms with E-state index in [9.17, 15) is 4.79 Å². The van der Waals surface area contributed by atoms with Crippen LogP contribution in [0.1, 0.15) is 42.0 Å². The van der Waals surface area contributed by atoms with Crippen LogP contribution in [0.5, 0.6) is 0 Å². The summed E-state index contributed by atoms with van der Waals surface area (Å²) in [6.45, 7) is 5.82. The molecule has 0 aliphatic carbocycles. The standard InChI is InChI=1S/C21H25N3O/c1-16-17(6-4-11-22-16)14-24-15-18(19-7-2-3-8-20(19)24)10-13-23-12-5-9-21(23)25/h2-4,6-8,11,18H,5,9-10,12-15H2,1H3. The number of carbonyl (C=O) groups is 1. The zero-order chi connectivity index (χ0) is 17.2. The molecule has 2 aliphatic heterocycles. The minimum atomic E-state index is 0.328. The number of fused-ring (bicyclic) bond motifs is 1. The van der Waals surface area contributed by atoms with E-state index in [1.54, 1.807) is 0 Å². The molecule has 1 aromatic heterocycles. The van der Waals surface area contributed by atoms with Gasteiger partial charge >= 0.3 is 0 Å². The Morgan fingerprint density at radius 1 is 1.16 bits per heavy atom. The normalized spacial score (nSPS) is 19.6. The number of benzene rings is 1. The molecule has 130 valence electrons. The molecule has 2 aromatic rings. The fourth-order valence-electron chi connectivity index (χ4n) is 4.12. The first-order chi connectivity index (χ1) is 12.2. The van der Waals surface area contributed by atoms with Crippen molar-refractivity contribution in [3.63, 3.8) is 0 Å². The number of aryl methyl sites for hydroxylation is 1. The maximum Gasteiger partial charge on any atom is 0.222 e. The lowest BCUT2D eigenvalue weighted by Crippen LogP contribution is -2.28. The Kier molecular flexibility index (Phi) is 4.43. The van der Waals surface area contributed by atoms with Gasteiger partial charge in [-0.15, -0.1) is 0 Å². The average Bonchev–Trinajstić information content (AvgIpc) is 3.19. The molecule has 1 unspecified atom stereocenters. The van der Waals surface area contributed by atoms with Crippen LogP contribution in [0.15, 0.2) is 42.6 Å².